The van der Waals surface area contributed by atoms with Crippen molar-refractivity contribution in [3.63, 3.8) is 0 Å². The van der Waals surface area contributed by atoms with Crippen molar-refractivity contribution in [2.45, 2.75) is 24.7 Å². The number of benzene rings is 1. The van der Waals surface area contributed by atoms with Crippen LogP contribution in [0.15, 0.2) is 18.2 Å². The van der Waals surface area contributed by atoms with Gasteiger partial charge in [-0.05, 0) is 31.9 Å². The van der Waals surface area contributed by atoms with Gasteiger partial charge in [0.15, 0.2) is 0 Å². The van der Waals surface area contributed by atoms with Gasteiger partial charge in [0.2, 0.25) is 0 Å². The number of hydrogen-bond donors (Lipinski definition) is 1. The summed E-state index contributed by atoms with van der Waals surface area (Å²) in [6.45, 7) is 0.625. The fourth-order valence-electron chi connectivity index (χ4n) is 2.31. The van der Waals surface area contributed by atoms with Crippen LogP contribution in [0.1, 0.15) is 24.8 Å². The second-order valence-corrected chi connectivity index (χ2v) is 4.46. The molecule has 1 aliphatic rings. The van der Waals surface area contributed by atoms with Crippen LogP contribution in [0.2, 0.25) is 0 Å². The standard InChI is InChI=1S/C12H16N2O3/c1-17-11-8-9(14(15)16)2-3-10(11)12(4-5-12)6-7-13/h2-3,8H,4-7,13H2,1H3. The van der Waals surface area contributed by atoms with Gasteiger partial charge < -0.3 is 10.5 Å². The number of ether oxygens (including phenoxy) is 1. The number of hydrogen-bond acceptors (Lipinski definition) is 4. The summed E-state index contributed by atoms with van der Waals surface area (Å²) in [6, 6.07) is 4.83. The molecule has 0 aromatic heterocycles. The van der Waals surface area contributed by atoms with E-state index in [1.165, 1.54) is 12.1 Å². The monoisotopic (exact) mass is 236 g/mol. The van der Waals surface area contributed by atoms with E-state index in [1.807, 2.05) is 0 Å². The molecule has 1 fully saturated rings. The van der Waals surface area contributed by atoms with Crippen molar-refractivity contribution in [3.05, 3.63) is 33.9 Å². The van der Waals surface area contributed by atoms with E-state index in [1.54, 1.807) is 13.2 Å². The first-order chi connectivity index (χ1) is 8.13. The number of non-ortho nitro benzene ring substituents is 1. The molecule has 0 heterocycles. The second kappa shape index (κ2) is 4.33. The Morgan fingerprint density at radius 3 is 2.71 bits per heavy atom. The molecule has 0 unspecified atom stereocenters. The minimum absolute atomic E-state index is 0.0640. The SMILES string of the molecule is COc1cc([N+](=O)[O-])ccc1C1(CCN)CC1. The topological polar surface area (TPSA) is 78.4 Å². The lowest BCUT2D eigenvalue weighted by Gasteiger charge is -2.17. The van der Waals surface area contributed by atoms with Crippen molar-refractivity contribution < 1.29 is 9.66 Å². The van der Waals surface area contributed by atoms with Gasteiger partial charge in [-0.2, -0.15) is 0 Å². The normalized spacial score (nSPS) is 16.6. The van der Waals surface area contributed by atoms with Gasteiger partial charge in [0.1, 0.15) is 5.75 Å². The zero-order valence-electron chi connectivity index (χ0n) is 9.81. The first-order valence-electron chi connectivity index (χ1n) is 5.66. The van der Waals surface area contributed by atoms with Crippen LogP contribution in [0.4, 0.5) is 5.69 Å². The van der Waals surface area contributed by atoms with Crippen LogP contribution in [-0.2, 0) is 5.41 Å². The van der Waals surface area contributed by atoms with E-state index in [-0.39, 0.29) is 11.1 Å². The number of methoxy groups -OCH3 is 1. The zero-order valence-corrected chi connectivity index (χ0v) is 9.81. The molecule has 0 aliphatic heterocycles. The summed E-state index contributed by atoms with van der Waals surface area (Å²) in [5.41, 5.74) is 6.82. The maximum Gasteiger partial charge on any atom is 0.273 e. The molecular formula is C12H16N2O3. The molecule has 2 N–H and O–H groups in total. The molecule has 1 aromatic rings. The first-order valence-corrected chi connectivity index (χ1v) is 5.66. The van der Waals surface area contributed by atoms with E-state index >= 15 is 0 Å². The summed E-state index contributed by atoms with van der Waals surface area (Å²) in [5.74, 6) is 0.602. The lowest BCUT2D eigenvalue weighted by atomic mass is 9.91. The Bertz CT molecular complexity index is 441. The summed E-state index contributed by atoms with van der Waals surface area (Å²) >= 11 is 0. The molecule has 17 heavy (non-hydrogen) atoms. The summed E-state index contributed by atoms with van der Waals surface area (Å²) in [4.78, 5) is 10.3. The number of nitro benzene ring substituents is 1. The van der Waals surface area contributed by atoms with Crippen molar-refractivity contribution in [2.24, 2.45) is 5.73 Å². The average molecular weight is 236 g/mol. The first kappa shape index (κ1) is 11.9. The van der Waals surface area contributed by atoms with Gasteiger partial charge in [-0.25, -0.2) is 0 Å². The third kappa shape index (κ3) is 2.10. The van der Waals surface area contributed by atoms with Crippen molar-refractivity contribution in [1.82, 2.24) is 0 Å². The Morgan fingerprint density at radius 1 is 1.53 bits per heavy atom. The van der Waals surface area contributed by atoms with Gasteiger partial charge in [0.05, 0.1) is 18.1 Å². The highest BCUT2D eigenvalue weighted by atomic mass is 16.6. The average Bonchev–Trinajstić information content (AvgIpc) is 3.09. The van der Waals surface area contributed by atoms with Gasteiger partial charge in [0.25, 0.3) is 5.69 Å². The van der Waals surface area contributed by atoms with Crippen LogP contribution in [-0.4, -0.2) is 18.6 Å². The second-order valence-electron chi connectivity index (χ2n) is 4.46. The molecule has 0 radical (unpaired) electrons. The smallest absolute Gasteiger partial charge is 0.273 e. The number of nitrogens with zero attached hydrogens (tertiary/aromatic N) is 1. The Morgan fingerprint density at radius 2 is 2.24 bits per heavy atom. The molecule has 5 nitrogen and oxygen atoms in total. The van der Waals surface area contributed by atoms with E-state index in [9.17, 15) is 10.1 Å². The van der Waals surface area contributed by atoms with Crippen LogP contribution < -0.4 is 10.5 Å². The number of nitro groups is 1. The maximum absolute atomic E-state index is 10.7. The predicted octanol–water partition coefficient (Wildman–Crippen LogP) is 1.98. The van der Waals surface area contributed by atoms with E-state index in [2.05, 4.69) is 0 Å². The third-order valence-electron chi connectivity index (χ3n) is 3.44. The molecule has 0 amide bonds. The summed E-state index contributed by atoms with van der Waals surface area (Å²) in [5, 5.41) is 10.7. The fraction of sp³-hybridized carbons (Fsp3) is 0.500. The quantitative estimate of drug-likeness (QED) is 0.626. The largest absolute Gasteiger partial charge is 0.496 e. The van der Waals surface area contributed by atoms with Crippen LogP contribution in [0.3, 0.4) is 0 Å². The predicted molar refractivity (Wildman–Crippen MR) is 64.2 cm³/mol. The van der Waals surface area contributed by atoms with Crippen molar-refractivity contribution in [1.29, 1.82) is 0 Å². The van der Waals surface area contributed by atoms with Crippen LogP contribution in [0.5, 0.6) is 5.75 Å². The molecular weight excluding hydrogens is 220 g/mol. The molecule has 0 bridgehead atoms. The molecule has 0 saturated heterocycles. The lowest BCUT2D eigenvalue weighted by Crippen LogP contribution is -2.14. The third-order valence-corrected chi connectivity index (χ3v) is 3.44. The molecule has 0 spiro atoms. The minimum atomic E-state index is -0.408. The van der Waals surface area contributed by atoms with Crippen LogP contribution in [0.25, 0.3) is 0 Å². The van der Waals surface area contributed by atoms with E-state index in [0.29, 0.717) is 12.3 Å². The summed E-state index contributed by atoms with van der Waals surface area (Å²) in [6.07, 6.45) is 3.07. The molecule has 1 saturated carbocycles. The zero-order chi connectivity index (χ0) is 12.5. The van der Waals surface area contributed by atoms with E-state index < -0.39 is 4.92 Å². The van der Waals surface area contributed by atoms with Gasteiger partial charge in [-0.3, -0.25) is 10.1 Å². The van der Waals surface area contributed by atoms with E-state index in [0.717, 1.165) is 24.8 Å². The number of nitrogens with two attached hydrogens (primary N) is 1. The molecule has 1 aromatic carbocycles. The van der Waals surface area contributed by atoms with Crippen molar-refractivity contribution >= 4 is 5.69 Å². The summed E-state index contributed by atoms with van der Waals surface area (Å²) in [7, 11) is 1.54. The highest BCUT2D eigenvalue weighted by Gasteiger charge is 2.45. The van der Waals surface area contributed by atoms with Crippen LogP contribution >= 0.6 is 0 Å². The molecule has 0 atom stereocenters. The van der Waals surface area contributed by atoms with Gasteiger partial charge >= 0.3 is 0 Å². The van der Waals surface area contributed by atoms with E-state index in [4.69, 9.17) is 10.5 Å². The van der Waals surface area contributed by atoms with Crippen molar-refractivity contribution in [3.8, 4) is 5.75 Å². The number of rotatable bonds is 5. The lowest BCUT2D eigenvalue weighted by molar-refractivity contribution is -0.384. The Kier molecular flexibility index (Phi) is 3.02. The minimum Gasteiger partial charge on any atom is -0.496 e. The highest BCUT2D eigenvalue weighted by molar-refractivity contribution is 5.50. The van der Waals surface area contributed by atoms with Gasteiger partial charge in [0, 0.05) is 17.0 Å². The Hall–Kier alpha value is -1.62. The molecule has 5 heteroatoms. The highest BCUT2D eigenvalue weighted by Crippen LogP contribution is 2.53. The Labute approximate surface area is 99.7 Å². The van der Waals surface area contributed by atoms with Crippen LogP contribution in [0, 0.1) is 10.1 Å². The van der Waals surface area contributed by atoms with Gasteiger partial charge in [-0.15, -0.1) is 0 Å². The maximum atomic E-state index is 10.7. The van der Waals surface area contributed by atoms with Crippen molar-refractivity contribution in [2.75, 3.05) is 13.7 Å². The molecule has 2 rings (SSSR count). The Balaban J connectivity index is 2.38. The fourth-order valence-corrected chi connectivity index (χ4v) is 2.31. The van der Waals surface area contributed by atoms with Gasteiger partial charge in [-0.1, -0.05) is 0 Å². The molecule has 1 aliphatic carbocycles. The molecule has 92 valence electrons. The summed E-state index contributed by atoms with van der Waals surface area (Å²) < 4.78 is 5.26.